The second-order valence-corrected chi connectivity index (χ2v) is 6.10. The summed E-state index contributed by atoms with van der Waals surface area (Å²) >= 11 is 0. The summed E-state index contributed by atoms with van der Waals surface area (Å²) in [6.07, 6.45) is 10.1. The van der Waals surface area contributed by atoms with Crippen LogP contribution in [0.4, 0.5) is 0 Å². The normalized spacial score (nSPS) is 10.7. The standard InChI is InChI=1S/C21H22N2O3/c1-4-17-9-5-6-10-18(17)11-7-8-12-25-15-19-13-20(23-26-19)21(24)22-14-16(2)3/h1,6-7,10-11,13,16H,8,12,14-15H2,2-3H3,(H,22,24)/b11-7-. The van der Waals surface area contributed by atoms with Crippen molar-refractivity contribution in [2.24, 2.45) is 5.92 Å². The van der Waals surface area contributed by atoms with Gasteiger partial charge in [-0.25, -0.2) is 0 Å². The van der Waals surface area contributed by atoms with Crippen LogP contribution in [0.1, 0.15) is 47.6 Å². The molecule has 0 aliphatic carbocycles. The number of carbonyl (C=O) groups excluding carboxylic acids is 1. The Morgan fingerprint density at radius 1 is 1.54 bits per heavy atom. The number of terminal acetylenes is 1. The Morgan fingerprint density at radius 2 is 2.38 bits per heavy atom. The first-order valence-corrected chi connectivity index (χ1v) is 8.47. The molecule has 0 saturated carbocycles. The number of carbonyl (C=O) groups is 1. The molecule has 1 N–H and O–H groups in total. The second kappa shape index (κ2) is 10.1. The zero-order valence-electron chi connectivity index (χ0n) is 15.0. The molecule has 0 aliphatic rings. The van der Waals surface area contributed by atoms with E-state index in [1.807, 2.05) is 32.1 Å². The van der Waals surface area contributed by atoms with E-state index in [0.29, 0.717) is 30.4 Å². The third-order valence-electron chi connectivity index (χ3n) is 3.41. The van der Waals surface area contributed by atoms with Gasteiger partial charge in [0.05, 0.1) is 12.2 Å². The number of aromatic nitrogens is 1. The molecule has 26 heavy (non-hydrogen) atoms. The van der Waals surface area contributed by atoms with Crippen molar-refractivity contribution < 1.29 is 14.1 Å². The van der Waals surface area contributed by atoms with Gasteiger partial charge in [-0.2, -0.15) is 0 Å². The smallest absolute Gasteiger partial charge is 0.273 e. The van der Waals surface area contributed by atoms with E-state index in [4.69, 9.17) is 15.7 Å². The zero-order valence-corrected chi connectivity index (χ0v) is 15.0. The predicted molar refractivity (Wildman–Crippen MR) is 99.0 cm³/mol. The maximum absolute atomic E-state index is 11.9. The molecule has 1 amide bonds. The van der Waals surface area contributed by atoms with Gasteiger partial charge < -0.3 is 14.6 Å². The van der Waals surface area contributed by atoms with E-state index < -0.39 is 0 Å². The Labute approximate surface area is 154 Å². The fourth-order valence-corrected chi connectivity index (χ4v) is 2.07. The number of nitrogens with one attached hydrogen (secondary N) is 1. The summed E-state index contributed by atoms with van der Waals surface area (Å²) in [6, 6.07) is 11.0. The largest absolute Gasteiger partial charge is 0.373 e. The molecule has 0 saturated heterocycles. The number of hydrogen-bond acceptors (Lipinski definition) is 4. The third-order valence-corrected chi connectivity index (χ3v) is 3.41. The molecule has 5 heteroatoms. The van der Waals surface area contributed by atoms with Crippen molar-refractivity contribution in [3.8, 4) is 12.3 Å². The molecule has 2 aromatic rings. The van der Waals surface area contributed by atoms with Gasteiger partial charge in [-0.15, -0.1) is 6.42 Å². The van der Waals surface area contributed by atoms with E-state index >= 15 is 0 Å². The van der Waals surface area contributed by atoms with Gasteiger partial charge in [0.25, 0.3) is 5.91 Å². The van der Waals surface area contributed by atoms with Crippen molar-refractivity contribution in [2.75, 3.05) is 13.2 Å². The summed E-state index contributed by atoms with van der Waals surface area (Å²) in [5, 5.41) is 6.55. The van der Waals surface area contributed by atoms with E-state index in [2.05, 4.69) is 28.5 Å². The summed E-state index contributed by atoms with van der Waals surface area (Å²) < 4.78 is 10.6. The third kappa shape index (κ3) is 6.12. The zero-order chi connectivity index (χ0) is 18.8. The number of rotatable bonds is 9. The number of amides is 1. The fourth-order valence-electron chi connectivity index (χ4n) is 2.07. The van der Waals surface area contributed by atoms with Crippen LogP contribution in [0.2, 0.25) is 0 Å². The van der Waals surface area contributed by atoms with Crippen LogP contribution in [0.3, 0.4) is 0 Å². The van der Waals surface area contributed by atoms with Crippen molar-refractivity contribution in [3.63, 3.8) is 0 Å². The van der Waals surface area contributed by atoms with Crippen molar-refractivity contribution in [1.82, 2.24) is 10.5 Å². The van der Waals surface area contributed by atoms with Crippen LogP contribution in [-0.4, -0.2) is 24.2 Å². The van der Waals surface area contributed by atoms with E-state index in [0.717, 1.165) is 12.0 Å². The molecule has 0 unspecified atom stereocenters. The van der Waals surface area contributed by atoms with Gasteiger partial charge in [0.1, 0.15) is 6.61 Å². The highest BCUT2D eigenvalue weighted by molar-refractivity contribution is 5.92. The van der Waals surface area contributed by atoms with E-state index in [-0.39, 0.29) is 18.2 Å². The molecule has 0 aliphatic heterocycles. The SMILES string of the molecule is C#Cc1c#cccc1/C=C\CCOCc1cc(C(=O)NCC(C)C)no1. The Balaban J connectivity index is 1.71. The van der Waals surface area contributed by atoms with Crippen LogP contribution in [0.15, 0.2) is 28.8 Å². The Hall–Kier alpha value is -3.02. The molecule has 1 aromatic carbocycles. The van der Waals surface area contributed by atoms with Crippen molar-refractivity contribution in [2.45, 2.75) is 26.9 Å². The molecule has 1 heterocycles. The quantitative estimate of drug-likeness (QED) is 0.557. The fraction of sp³-hybridized carbons (Fsp3) is 0.333. The highest BCUT2D eigenvalue weighted by Gasteiger charge is 2.12. The number of hydrogen-bond donors (Lipinski definition) is 1. The van der Waals surface area contributed by atoms with Gasteiger partial charge in [0, 0.05) is 12.6 Å². The van der Waals surface area contributed by atoms with Gasteiger partial charge in [-0.1, -0.05) is 49.2 Å². The molecule has 5 nitrogen and oxygen atoms in total. The molecule has 0 spiro atoms. The minimum Gasteiger partial charge on any atom is -0.373 e. The van der Waals surface area contributed by atoms with Gasteiger partial charge in [-0.3, -0.25) is 4.79 Å². The molecular weight excluding hydrogens is 328 g/mol. The second-order valence-electron chi connectivity index (χ2n) is 6.10. The van der Waals surface area contributed by atoms with Crippen LogP contribution in [-0.2, 0) is 11.3 Å². The molecule has 0 radical (unpaired) electrons. The average Bonchev–Trinajstić information content (AvgIpc) is 3.11. The monoisotopic (exact) mass is 350 g/mol. The van der Waals surface area contributed by atoms with E-state index in [1.54, 1.807) is 12.1 Å². The lowest BCUT2D eigenvalue weighted by Gasteiger charge is -2.04. The summed E-state index contributed by atoms with van der Waals surface area (Å²) in [5.41, 5.74) is 1.89. The molecule has 2 rings (SSSR count). The Morgan fingerprint density at radius 3 is 3.15 bits per heavy atom. The van der Waals surface area contributed by atoms with E-state index in [9.17, 15) is 4.79 Å². The van der Waals surface area contributed by atoms with Gasteiger partial charge in [0.15, 0.2) is 11.5 Å². The lowest BCUT2D eigenvalue weighted by molar-refractivity contribution is 0.0935. The summed E-state index contributed by atoms with van der Waals surface area (Å²) in [4.78, 5) is 11.9. The molecule has 1 aromatic heterocycles. The highest BCUT2D eigenvalue weighted by atomic mass is 16.5. The van der Waals surface area contributed by atoms with Crippen LogP contribution in [0.5, 0.6) is 0 Å². The Bertz CT molecular complexity index is 785. The summed E-state index contributed by atoms with van der Waals surface area (Å²) in [7, 11) is 0. The van der Waals surface area contributed by atoms with Crippen LogP contribution < -0.4 is 5.32 Å². The Kier molecular flexibility index (Phi) is 7.49. The highest BCUT2D eigenvalue weighted by Crippen LogP contribution is 2.08. The van der Waals surface area contributed by atoms with Crippen LogP contribution in [0.25, 0.3) is 6.08 Å². The van der Waals surface area contributed by atoms with Gasteiger partial charge >= 0.3 is 0 Å². The van der Waals surface area contributed by atoms with E-state index in [1.165, 1.54) is 0 Å². The van der Waals surface area contributed by atoms with Crippen molar-refractivity contribution in [1.29, 1.82) is 0 Å². The number of nitrogens with zero attached hydrogens (tertiary/aromatic N) is 1. The molecule has 0 atom stereocenters. The minimum atomic E-state index is -0.238. The minimum absolute atomic E-state index is 0.238. The summed E-state index contributed by atoms with van der Waals surface area (Å²) in [5.74, 6) is 3.24. The van der Waals surface area contributed by atoms with Crippen molar-refractivity contribution >= 4 is 12.0 Å². The number of ether oxygens (including phenoxy) is 1. The van der Waals surface area contributed by atoms with Crippen molar-refractivity contribution in [3.05, 3.63) is 59.0 Å². The molecule has 0 bridgehead atoms. The van der Waals surface area contributed by atoms with Gasteiger partial charge in [-0.05, 0) is 30.0 Å². The van der Waals surface area contributed by atoms with Crippen LogP contribution in [0, 0.1) is 30.4 Å². The maximum atomic E-state index is 11.9. The first kappa shape index (κ1) is 19.3. The predicted octanol–water partition coefficient (Wildman–Crippen LogP) is 3.26. The average molecular weight is 350 g/mol. The lowest BCUT2D eigenvalue weighted by Crippen LogP contribution is -2.27. The topological polar surface area (TPSA) is 64.4 Å². The molecule has 0 fully saturated rings. The van der Waals surface area contributed by atoms with Gasteiger partial charge in [0.2, 0.25) is 0 Å². The lowest BCUT2D eigenvalue weighted by atomic mass is 10.1. The first-order valence-electron chi connectivity index (χ1n) is 8.47. The summed E-state index contributed by atoms with van der Waals surface area (Å²) in [6.45, 7) is 5.43. The molecular formula is C21H22N2O3. The van der Waals surface area contributed by atoms with Crippen LogP contribution >= 0.6 is 0 Å². The maximum Gasteiger partial charge on any atom is 0.273 e. The molecule has 134 valence electrons. The first-order chi connectivity index (χ1) is 12.6.